The number of rotatable bonds is 3. The Morgan fingerprint density at radius 2 is 2.29 bits per heavy atom. The lowest BCUT2D eigenvalue weighted by Gasteiger charge is -1.84. The largest absolute Gasteiger partial charge is 0.472 e. The highest BCUT2D eigenvalue weighted by molar-refractivity contribution is 7.09. The minimum atomic E-state index is 0.386. The number of hydrogen-bond donors (Lipinski definition) is 1. The lowest BCUT2D eigenvalue weighted by Crippen LogP contribution is -1.94. The van der Waals surface area contributed by atoms with Gasteiger partial charge >= 0.3 is 0 Å². The van der Waals surface area contributed by atoms with Crippen molar-refractivity contribution >= 4 is 11.3 Å². The highest BCUT2D eigenvalue weighted by atomic mass is 32.1. The average molecular weight is 248 g/mol. The molecule has 3 heterocycles. The lowest BCUT2D eigenvalue weighted by atomic mass is 10.3. The minimum Gasteiger partial charge on any atom is -0.472 e. The van der Waals surface area contributed by atoms with Gasteiger partial charge in [-0.15, -0.1) is 11.3 Å². The first-order chi connectivity index (χ1) is 8.36. The van der Waals surface area contributed by atoms with Crippen LogP contribution in [0.2, 0.25) is 0 Å². The Labute approximate surface area is 100 Å². The molecule has 0 spiro atoms. The van der Waals surface area contributed by atoms with E-state index in [1.807, 2.05) is 5.38 Å². The highest BCUT2D eigenvalue weighted by Crippen LogP contribution is 2.23. The predicted octanol–water partition coefficient (Wildman–Crippen LogP) is 1.91. The molecule has 0 saturated carbocycles. The van der Waals surface area contributed by atoms with Crippen molar-refractivity contribution in [2.24, 2.45) is 5.73 Å². The van der Waals surface area contributed by atoms with E-state index in [0.717, 1.165) is 10.6 Å². The predicted molar refractivity (Wildman–Crippen MR) is 61.0 cm³/mol. The van der Waals surface area contributed by atoms with E-state index in [4.69, 9.17) is 14.7 Å². The summed E-state index contributed by atoms with van der Waals surface area (Å²) in [6, 6.07) is 1.76. The van der Waals surface area contributed by atoms with E-state index in [2.05, 4.69) is 15.1 Å². The summed E-state index contributed by atoms with van der Waals surface area (Å²) < 4.78 is 10.1. The van der Waals surface area contributed by atoms with Crippen molar-refractivity contribution < 1.29 is 8.94 Å². The molecule has 0 atom stereocenters. The summed E-state index contributed by atoms with van der Waals surface area (Å²) in [5, 5.41) is 6.54. The first kappa shape index (κ1) is 10.2. The Morgan fingerprint density at radius 1 is 1.35 bits per heavy atom. The van der Waals surface area contributed by atoms with E-state index in [0.29, 0.717) is 24.0 Å². The molecule has 0 bridgehead atoms. The van der Waals surface area contributed by atoms with Crippen LogP contribution in [0.25, 0.3) is 23.0 Å². The summed E-state index contributed by atoms with van der Waals surface area (Å²) in [5.74, 6) is 0.869. The van der Waals surface area contributed by atoms with Gasteiger partial charge in [-0.3, -0.25) is 0 Å². The number of hydrogen-bond acceptors (Lipinski definition) is 7. The SMILES string of the molecule is NCc1nc(-c2nc(-c3ccoc3)no2)cs1. The van der Waals surface area contributed by atoms with Crippen LogP contribution < -0.4 is 5.73 Å². The fourth-order valence-corrected chi connectivity index (χ4v) is 1.99. The van der Waals surface area contributed by atoms with E-state index < -0.39 is 0 Å². The first-order valence-corrected chi connectivity index (χ1v) is 5.76. The molecule has 3 rings (SSSR count). The van der Waals surface area contributed by atoms with E-state index in [1.165, 1.54) is 11.3 Å². The number of aromatic nitrogens is 3. The number of nitrogens with two attached hydrogens (primary N) is 1. The second-order valence-corrected chi connectivity index (χ2v) is 4.21. The van der Waals surface area contributed by atoms with Crippen LogP contribution in [0.15, 0.2) is 32.9 Å². The molecule has 0 radical (unpaired) electrons. The van der Waals surface area contributed by atoms with Gasteiger partial charge in [0.15, 0.2) is 0 Å². The van der Waals surface area contributed by atoms with E-state index in [-0.39, 0.29) is 0 Å². The Hall–Kier alpha value is -1.99. The molecule has 6 nitrogen and oxygen atoms in total. The molecule has 3 aromatic rings. The van der Waals surface area contributed by atoms with Crippen LogP contribution in [0.3, 0.4) is 0 Å². The van der Waals surface area contributed by atoms with Gasteiger partial charge in [-0.2, -0.15) is 4.98 Å². The zero-order chi connectivity index (χ0) is 11.7. The molecule has 0 aliphatic carbocycles. The summed E-state index contributed by atoms with van der Waals surface area (Å²) in [6.45, 7) is 0.410. The lowest BCUT2D eigenvalue weighted by molar-refractivity contribution is 0.431. The summed E-state index contributed by atoms with van der Waals surface area (Å²) >= 11 is 1.47. The maximum atomic E-state index is 5.49. The summed E-state index contributed by atoms with van der Waals surface area (Å²) in [6.07, 6.45) is 3.11. The van der Waals surface area contributed by atoms with Gasteiger partial charge in [0.2, 0.25) is 5.82 Å². The Balaban J connectivity index is 1.94. The zero-order valence-corrected chi connectivity index (χ0v) is 9.48. The second-order valence-electron chi connectivity index (χ2n) is 3.27. The summed E-state index contributed by atoms with van der Waals surface area (Å²) in [5.41, 5.74) is 6.92. The quantitative estimate of drug-likeness (QED) is 0.761. The maximum Gasteiger partial charge on any atom is 0.277 e. The average Bonchev–Trinajstić information content (AvgIpc) is 3.09. The molecule has 17 heavy (non-hydrogen) atoms. The molecule has 0 saturated heterocycles. The van der Waals surface area contributed by atoms with Gasteiger partial charge in [-0.25, -0.2) is 4.98 Å². The maximum absolute atomic E-state index is 5.49. The molecule has 0 aromatic carbocycles. The highest BCUT2D eigenvalue weighted by Gasteiger charge is 2.13. The van der Waals surface area contributed by atoms with Gasteiger partial charge in [0, 0.05) is 11.9 Å². The summed E-state index contributed by atoms with van der Waals surface area (Å²) in [7, 11) is 0. The van der Waals surface area contributed by atoms with Gasteiger partial charge in [0.25, 0.3) is 5.89 Å². The minimum absolute atomic E-state index is 0.386. The number of thiazole rings is 1. The van der Waals surface area contributed by atoms with Crippen LogP contribution in [-0.4, -0.2) is 15.1 Å². The van der Waals surface area contributed by atoms with Crippen LogP contribution in [0.1, 0.15) is 5.01 Å². The molecule has 86 valence electrons. The third-order valence-electron chi connectivity index (χ3n) is 2.15. The van der Waals surface area contributed by atoms with Crippen LogP contribution in [-0.2, 0) is 6.54 Å². The monoisotopic (exact) mass is 248 g/mol. The topological polar surface area (TPSA) is 91.0 Å². The Morgan fingerprint density at radius 3 is 3.00 bits per heavy atom. The summed E-state index contributed by atoms with van der Waals surface area (Å²) in [4.78, 5) is 8.50. The standard InChI is InChI=1S/C10H8N4O2S/c11-3-8-12-7(5-17-8)10-13-9(14-16-10)6-1-2-15-4-6/h1-2,4-5H,3,11H2. The van der Waals surface area contributed by atoms with E-state index >= 15 is 0 Å². The second kappa shape index (κ2) is 4.11. The van der Waals surface area contributed by atoms with Crippen molar-refractivity contribution in [3.05, 3.63) is 29.0 Å². The van der Waals surface area contributed by atoms with Gasteiger partial charge in [0.1, 0.15) is 17.0 Å². The molecular formula is C10H8N4O2S. The third kappa shape index (κ3) is 1.85. The first-order valence-electron chi connectivity index (χ1n) is 4.88. The van der Waals surface area contributed by atoms with Crippen molar-refractivity contribution in [1.82, 2.24) is 15.1 Å². The normalized spacial score (nSPS) is 10.9. The Kier molecular flexibility index (Phi) is 2.46. The molecule has 2 N–H and O–H groups in total. The molecule has 0 unspecified atom stereocenters. The van der Waals surface area contributed by atoms with Crippen LogP contribution in [0.4, 0.5) is 0 Å². The molecular weight excluding hydrogens is 240 g/mol. The van der Waals surface area contributed by atoms with Gasteiger partial charge in [-0.1, -0.05) is 5.16 Å². The van der Waals surface area contributed by atoms with Crippen LogP contribution >= 0.6 is 11.3 Å². The molecule has 0 aliphatic rings. The molecule has 7 heteroatoms. The van der Waals surface area contributed by atoms with Crippen LogP contribution in [0.5, 0.6) is 0 Å². The third-order valence-corrected chi connectivity index (χ3v) is 3.02. The van der Waals surface area contributed by atoms with E-state index in [1.54, 1.807) is 18.6 Å². The van der Waals surface area contributed by atoms with Gasteiger partial charge < -0.3 is 14.7 Å². The molecule has 0 aliphatic heterocycles. The molecule has 0 fully saturated rings. The molecule has 0 amide bonds. The number of nitrogens with zero attached hydrogens (tertiary/aromatic N) is 3. The Bertz CT molecular complexity index is 614. The number of furan rings is 1. The smallest absolute Gasteiger partial charge is 0.277 e. The van der Waals surface area contributed by atoms with Crippen molar-refractivity contribution in [3.8, 4) is 23.0 Å². The van der Waals surface area contributed by atoms with Crippen molar-refractivity contribution in [2.75, 3.05) is 0 Å². The van der Waals surface area contributed by atoms with Crippen molar-refractivity contribution in [1.29, 1.82) is 0 Å². The van der Waals surface area contributed by atoms with Gasteiger partial charge in [0.05, 0.1) is 11.8 Å². The van der Waals surface area contributed by atoms with Gasteiger partial charge in [-0.05, 0) is 6.07 Å². The van der Waals surface area contributed by atoms with Crippen LogP contribution in [0, 0.1) is 0 Å². The fourth-order valence-electron chi connectivity index (χ4n) is 1.34. The van der Waals surface area contributed by atoms with Crippen molar-refractivity contribution in [2.45, 2.75) is 6.54 Å². The zero-order valence-electron chi connectivity index (χ0n) is 8.66. The van der Waals surface area contributed by atoms with Crippen molar-refractivity contribution in [3.63, 3.8) is 0 Å². The molecule has 3 aromatic heterocycles. The fraction of sp³-hybridized carbons (Fsp3) is 0.100. The van der Waals surface area contributed by atoms with E-state index in [9.17, 15) is 0 Å².